The lowest BCUT2D eigenvalue weighted by atomic mass is 10.1. The summed E-state index contributed by atoms with van der Waals surface area (Å²) in [6.45, 7) is 0. The summed E-state index contributed by atoms with van der Waals surface area (Å²) >= 11 is 0. The van der Waals surface area contributed by atoms with E-state index in [1.807, 2.05) is 0 Å². The van der Waals surface area contributed by atoms with Gasteiger partial charge in [0.25, 0.3) is 0 Å². The third kappa shape index (κ3) is 14.3. The molecule has 0 radical (unpaired) electrons. The molecule has 0 bridgehead atoms. The lowest BCUT2D eigenvalue weighted by Crippen LogP contribution is -1.94. The number of rotatable bonds is 10. The molecular weight excluding hydrogens is 300 g/mol. The molecule has 0 amide bonds. The van der Waals surface area contributed by atoms with E-state index in [2.05, 4.69) is 0 Å². The first kappa shape index (κ1) is 20.6. The molecule has 128 valence electrons. The maximum absolute atomic E-state index is 10.2. The molecule has 0 aliphatic heterocycles. The number of aliphatic carboxylic acids is 2. The molecule has 6 nitrogen and oxygen atoms in total. The van der Waals surface area contributed by atoms with Crippen molar-refractivity contribution in [3.63, 3.8) is 0 Å². The molecule has 23 heavy (non-hydrogen) atoms. The van der Waals surface area contributed by atoms with Crippen molar-refractivity contribution >= 4 is 17.9 Å². The Balaban J connectivity index is 0.000000459. The van der Waals surface area contributed by atoms with Gasteiger partial charge < -0.3 is 15.3 Å². The number of benzene rings is 1. The molecule has 1 rings (SSSR count). The van der Waals surface area contributed by atoms with E-state index >= 15 is 0 Å². The summed E-state index contributed by atoms with van der Waals surface area (Å²) in [5.41, 5.74) is 0.331. The number of hydrogen-bond acceptors (Lipinski definition) is 3. The molecule has 0 atom stereocenters. The highest BCUT2D eigenvalue weighted by Gasteiger charge is 1.98. The number of carboxylic acids is 3. The van der Waals surface area contributed by atoms with Gasteiger partial charge in [0, 0.05) is 12.8 Å². The third-order valence-electron chi connectivity index (χ3n) is 3.05. The van der Waals surface area contributed by atoms with Gasteiger partial charge in [-0.1, -0.05) is 43.9 Å². The van der Waals surface area contributed by atoms with Crippen molar-refractivity contribution in [3.05, 3.63) is 35.9 Å². The summed E-state index contributed by atoms with van der Waals surface area (Å²) < 4.78 is 0. The first-order chi connectivity index (χ1) is 10.9. The lowest BCUT2D eigenvalue weighted by Gasteiger charge is -1.98. The Bertz CT molecular complexity index is 449. The molecule has 1 aromatic carbocycles. The van der Waals surface area contributed by atoms with E-state index in [-0.39, 0.29) is 12.8 Å². The molecule has 0 saturated carbocycles. The Morgan fingerprint density at radius 3 is 1.35 bits per heavy atom. The molecule has 1 aromatic rings. The largest absolute Gasteiger partial charge is 0.481 e. The Morgan fingerprint density at radius 1 is 0.652 bits per heavy atom. The van der Waals surface area contributed by atoms with Crippen molar-refractivity contribution in [2.75, 3.05) is 0 Å². The smallest absolute Gasteiger partial charge is 0.335 e. The molecule has 0 unspecified atom stereocenters. The quantitative estimate of drug-likeness (QED) is 0.566. The monoisotopic (exact) mass is 324 g/mol. The summed E-state index contributed by atoms with van der Waals surface area (Å²) in [5, 5.41) is 25.1. The Labute approximate surface area is 135 Å². The van der Waals surface area contributed by atoms with E-state index < -0.39 is 17.9 Å². The Morgan fingerprint density at radius 2 is 1.04 bits per heavy atom. The zero-order valence-electron chi connectivity index (χ0n) is 13.1. The molecule has 0 heterocycles. The van der Waals surface area contributed by atoms with Gasteiger partial charge in [-0.3, -0.25) is 9.59 Å². The van der Waals surface area contributed by atoms with E-state index in [1.165, 1.54) is 0 Å². The summed E-state index contributed by atoms with van der Waals surface area (Å²) in [6.07, 6.45) is 5.82. The highest BCUT2D eigenvalue weighted by Crippen LogP contribution is 2.08. The van der Waals surface area contributed by atoms with Crippen LogP contribution in [-0.4, -0.2) is 33.2 Å². The SMILES string of the molecule is O=C(O)CCCCCCCCC(=O)O.O=C(O)c1ccccc1. The van der Waals surface area contributed by atoms with E-state index in [1.54, 1.807) is 30.3 Å². The van der Waals surface area contributed by atoms with E-state index in [9.17, 15) is 14.4 Å². The number of carboxylic acid groups (broad SMARTS) is 3. The number of carbonyl (C=O) groups is 3. The number of aromatic carboxylic acids is 1. The van der Waals surface area contributed by atoms with Crippen LogP contribution in [0.1, 0.15) is 61.7 Å². The van der Waals surface area contributed by atoms with E-state index in [0.717, 1.165) is 38.5 Å². The predicted molar refractivity (Wildman–Crippen MR) is 85.6 cm³/mol. The highest BCUT2D eigenvalue weighted by atomic mass is 16.4. The normalized spacial score (nSPS) is 9.57. The van der Waals surface area contributed by atoms with Crippen LogP contribution in [0.4, 0.5) is 0 Å². The van der Waals surface area contributed by atoms with Gasteiger partial charge in [0.2, 0.25) is 0 Å². The second kappa shape index (κ2) is 13.3. The van der Waals surface area contributed by atoms with E-state index in [4.69, 9.17) is 15.3 Å². The van der Waals surface area contributed by atoms with Gasteiger partial charge in [0.05, 0.1) is 5.56 Å². The second-order valence-electron chi connectivity index (χ2n) is 5.08. The maximum Gasteiger partial charge on any atom is 0.335 e. The standard InChI is InChI=1S/C10H18O4.C7H6O2/c11-9(12)7-5-3-1-2-4-6-8-10(13)14;8-7(9)6-4-2-1-3-5-6/h1-8H2,(H,11,12)(H,13,14);1-5H,(H,8,9). The minimum atomic E-state index is -0.879. The first-order valence-electron chi connectivity index (χ1n) is 7.65. The molecule has 0 aliphatic carbocycles. The minimum Gasteiger partial charge on any atom is -0.481 e. The van der Waals surface area contributed by atoms with Gasteiger partial charge in [-0.2, -0.15) is 0 Å². The van der Waals surface area contributed by atoms with Crippen LogP contribution in [0.2, 0.25) is 0 Å². The van der Waals surface area contributed by atoms with Gasteiger partial charge >= 0.3 is 17.9 Å². The predicted octanol–water partition coefficient (Wildman–Crippen LogP) is 3.66. The zero-order chi connectivity index (χ0) is 17.5. The number of unbranched alkanes of at least 4 members (excludes halogenated alkanes) is 5. The summed E-state index contributed by atoms with van der Waals surface area (Å²) in [6, 6.07) is 8.30. The molecule has 0 spiro atoms. The molecule has 0 saturated heterocycles. The molecule has 0 aromatic heterocycles. The topological polar surface area (TPSA) is 112 Å². The molecule has 0 fully saturated rings. The second-order valence-corrected chi connectivity index (χ2v) is 5.08. The van der Waals surface area contributed by atoms with Crippen LogP contribution in [0, 0.1) is 0 Å². The van der Waals surface area contributed by atoms with Crippen molar-refractivity contribution in [3.8, 4) is 0 Å². The van der Waals surface area contributed by atoms with Crippen LogP contribution in [0.15, 0.2) is 30.3 Å². The maximum atomic E-state index is 10.2. The average Bonchev–Trinajstić information content (AvgIpc) is 2.51. The summed E-state index contributed by atoms with van der Waals surface area (Å²) in [5.74, 6) is -2.36. The molecule has 0 aliphatic rings. The van der Waals surface area contributed by atoms with Crippen molar-refractivity contribution in [2.45, 2.75) is 51.4 Å². The van der Waals surface area contributed by atoms with Crippen LogP contribution >= 0.6 is 0 Å². The van der Waals surface area contributed by atoms with Crippen LogP contribution in [0.25, 0.3) is 0 Å². The fourth-order valence-electron chi connectivity index (χ4n) is 1.84. The van der Waals surface area contributed by atoms with Crippen LogP contribution in [0.5, 0.6) is 0 Å². The summed E-state index contributed by atoms with van der Waals surface area (Å²) in [4.78, 5) is 30.5. The van der Waals surface area contributed by atoms with E-state index in [0.29, 0.717) is 5.56 Å². The van der Waals surface area contributed by atoms with Crippen molar-refractivity contribution in [2.24, 2.45) is 0 Å². The summed E-state index contributed by atoms with van der Waals surface area (Å²) in [7, 11) is 0. The van der Waals surface area contributed by atoms with Crippen molar-refractivity contribution < 1.29 is 29.7 Å². The zero-order valence-corrected chi connectivity index (χ0v) is 13.1. The van der Waals surface area contributed by atoms with Crippen LogP contribution in [0.3, 0.4) is 0 Å². The van der Waals surface area contributed by atoms with Crippen LogP contribution < -0.4 is 0 Å². The fraction of sp³-hybridized carbons (Fsp3) is 0.471. The van der Waals surface area contributed by atoms with Crippen molar-refractivity contribution in [1.29, 1.82) is 0 Å². The lowest BCUT2D eigenvalue weighted by molar-refractivity contribution is -0.138. The number of hydrogen-bond donors (Lipinski definition) is 3. The van der Waals surface area contributed by atoms with Gasteiger partial charge in [-0.15, -0.1) is 0 Å². The average molecular weight is 324 g/mol. The van der Waals surface area contributed by atoms with Gasteiger partial charge in [0.1, 0.15) is 0 Å². The third-order valence-corrected chi connectivity index (χ3v) is 3.05. The highest BCUT2D eigenvalue weighted by molar-refractivity contribution is 5.87. The first-order valence-corrected chi connectivity index (χ1v) is 7.65. The molecular formula is C17H24O6. The molecule has 6 heteroatoms. The Kier molecular flexibility index (Phi) is 11.9. The van der Waals surface area contributed by atoms with Crippen LogP contribution in [-0.2, 0) is 9.59 Å². The van der Waals surface area contributed by atoms with Gasteiger partial charge in [0.15, 0.2) is 0 Å². The van der Waals surface area contributed by atoms with Gasteiger partial charge in [-0.25, -0.2) is 4.79 Å². The van der Waals surface area contributed by atoms with Crippen molar-refractivity contribution in [1.82, 2.24) is 0 Å². The Hall–Kier alpha value is -2.37. The fourth-order valence-corrected chi connectivity index (χ4v) is 1.84. The minimum absolute atomic E-state index is 0.245. The van der Waals surface area contributed by atoms with Gasteiger partial charge in [-0.05, 0) is 25.0 Å². The molecule has 3 N–H and O–H groups in total.